The van der Waals surface area contributed by atoms with Crippen LogP contribution in [0.1, 0.15) is 19.4 Å². The number of anilines is 1. The highest BCUT2D eigenvalue weighted by Crippen LogP contribution is 2.21. The summed E-state index contributed by atoms with van der Waals surface area (Å²) >= 11 is 5.77. The van der Waals surface area contributed by atoms with Crippen LogP contribution in [0.4, 0.5) is 5.69 Å². The minimum Gasteiger partial charge on any atom is -0.280 e. The first-order valence-corrected chi connectivity index (χ1v) is 6.39. The van der Waals surface area contributed by atoms with Gasteiger partial charge in [0.1, 0.15) is 0 Å². The lowest BCUT2D eigenvalue weighted by Gasteiger charge is -2.11. The monoisotopic (exact) mass is 248 g/mol. The lowest BCUT2D eigenvalue weighted by molar-refractivity contribution is 0.593. The van der Waals surface area contributed by atoms with Crippen LogP contribution in [-0.2, 0) is 10.0 Å². The molecule has 1 N–H and O–H groups in total. The van der Waals surface area contributed by atoms with Crippen LogP contribution < -0.4 is 4.72 Å². The smallest absolute Gasteiger partial charge is 0.235 e. The third kappa shape index (κ3) is 3.07. The molecule has 0 aliphatic heterocycles. The number of aryl methyl sites for hydroxylation is 1. The van der Waals surface area contributed by atoms with E-state index < -0.39 is 15.3 Å². The van der Waals surface area contributed by atoms with E-state index in [4.69, 9.17) is 11.6 Å². The zero-order valence-electron chi connectivity index (χ0n) is 8.78. The molecule has 84 valence electrons. The fraction of sp³-hybridized carbons (Fsp3) is 0.444. The molecule has 4 nitrogen and oxygen atoms in total. The fourth-order valence-electron chi connectivity index (χ4n) is 0.895. The Morgan fingerprint density at radius 2 is 2.07 bits per heavy atom. The van der Waals surface area contributed by atoms with Crippen LogP contribution in [-0.4, -0.2) is 18.7 Å². The van der Waals surface area contributed by atoms with Crippen LogP contribution in [0.25, 0.3) is 0 Å². The molecule has 0 saturated carbocycles. The van der Waals surface area contributed by atoms with Crippen molar-refractivity contribution < 1.29 is 8.42 Å². The molecule has 0 aromatic carbocycles. The summed E-state index contributed by atoms with van der Waals surface area (Å²) in [5, 5.41) is -0.348. The average Bonchev–Trinajstić information content (AvgIpc) is 2.10. The Bertz CT molecular complexity index is 457. The SMILES string of the molecule is Cc1cnc(Cl)c(NS(=O)(=O)C(C)C)c1. The van der Waals surface area contributed by atoms with Crippen molar-refractivity contribution in [1.82, 2.24) is 4.98 Å². The van der Waals surface area contributed by atoms with Crippen LogP contribution in [0, 0.1) is 6.92 Å². The molecule has 0 aliphatic rings. The van der Waals surface area contributed by atoms with Gasteiger partial charge in [-0.2, -0.15) is 0 Å². The molecule has 0 unspecified atom stereocenters. The highest BCUT2D eigenvalue weighted by molar-refractivity contribution is 7.93. The molecule has 1 aromatic rings. The van der Waals surface area contributed by atoms with E-state index in [1.165, 1.54) is 0 Å². The second-order valence-corrected chi connectivity index (χ2v) is 6.14. The Balaban J connectivity index is 3.05. The maximum atomic E-state index is 11.6. The summed E-state index contributed by atoms with van der Waals surface area (Å²) in [6.45, 7) is 5.01. The summed E-state index contributed by atoms with van der Waals surface area (Å²) < 4.78 is 25.5. The number of pyridine rings is 1. The molecule has 1 aromatic heterocycles. The zero-order chi connectivity index (χ0) is 11.6. The van der Waals surface area contributed by atoms with Crippen molar-refractivity contribution in [3.63, 3.8) is 0 Å². The number of rotatable bonds is 3. The van der Waals surface area contributed by atoms with E-state index in [0.29, 0.717) is 5.69 Å². The topological polar surface area (TPSA) is 59.1 Å². The number of aromatic nitrogens is 1. The molecule has 1 rings (SSSR count). The van der Waals surface area contributed by atoms with Crippen molar-refractivity contribution in [2.24, 2.45) is 0 Å². The van der Waals surface area contributed by atoms with Gasteiger partial charge in [-0.05, 0) is 32.4 Å². The molecular formula is C9H13ClN2O2S. The summed E-state index contributed by atoms with van der Waals surface area (Å²) in [6.07, 6.45) is 1.58. The molecule has 0 radical (unpaired) electrons. The molecule has 0 aliphatic carbocycles. The van der Waals surface area contributed by atoms with Crippen molar-refractivity contribution in [1.29, 1.82) is 0 Å². The second-order valence-electron chi connectivity index (χ2n) is 3.55. The Morgan fingerprint density at radius 1 is 1.47 bits per heavy atom. The highest BCUT2D eigenvalue weighted by Gasteiger charge is 2.17. The quantitative estimate of drug-likeness (QED) is 0.835. The lowest BCUT2D eigenvalue weighted by Crippen LogP contribution is -2.22. The number of hydrogen-bond acceptors (Lipinski definition) is 3. The normalized spacial score (nSPS) is 11.8. The van der Waals surface area contributed by atoms with E-state index in [0.717, 1.165) is 5.56 Å². The van der Waals surface area contributed by atoms with Gasteiger partial charge in [0.15, 0.2) is 5.15 Å². The van der Waals surface area contributed by atoms with E-state index in [-0.39, 0.29) is 5.15 Å². The van der Waals surface area contributed by atoms with E-state index >= 15 is 0 Å². The lowest BCUT2D eigenvalue weighted by atomic mass is 10.3. The van der Waals surface area contributed by atoms with E-state index in [1.54, 1.807) is 26.1 Å². The van der Waals surface area contributed by atoms with Gasteiger partial charge in [-0.1, -0.05) is 11.6 Å². The van der Waals surface area contributed by atoms with Gasteiger partial charge in [0.25, 0.3) is 0 Å². The predicted molar refractivity (Wildman–Crippen MR) is 61.7 cm³/mol. The molecule has 0 spiro atoms. The standard InChI is InChI=1S/C9H13ClN2O2S/c1-6(2)15(13,14)12-8-4-7(3)5-11-9(8)10/h4-6,12H,1-3H3. The van der Waals surface area contributed by atoms with Gasteiger partial charge in [0.2, 0.25) is 10.0 Å². The maximum absolute atomic E-state index is 11.6. The van der Waals surface area contributed by atoms with Crippen molar-refractivity contribution in [2.75, 3.05) is 4.72 Å². The van der Waals surface area contributed by atoms with Crippen LogP contribution in [0.15, 0.2) is 12.3 Å². The average molecular weight is 249 g/mol. The van der Waals surface area contributed by atoms with E-state index in [2.05, 4.69) is 9.71 Å². The third-order valence-electron chi connectivity index (χ3n) is 1.85. The summed E-state index contributed by atoms with van der Waals surface area (Å²) in [6, 6.07) is 1.65. The Kier molecular flexibility index (Phi) is 3.57. The van der Waals surface area contributed by atoms with Gasteiger partial charge in [-0.3, -0.25) is 4.72 Å². The van der Waals surface area contributed by atoms with Gasteiger partial charge in [-0.25, -0.2) is 13.4 Å². The number of nitrogens with zero attached hydrogens (tertiary/aromatic N) is 1. The van der Waals surface area contributed by atoms with Gasteiger partial charge in [-0.15, -0.1) is 0 Å². The minimum atomic E-state index is -3.36. The van der Waals surface area contributed by atoms with E-state index in [9.17, 15) is 8.42 Å². The number of hydrogen-bond donors (Lipinski definition) is 1. The van der Waals surface area contributed by atoms with Crippen molar-refractivity contribution in [2.45, 2.75) is 26.0 Å². The second kappa shape index (κ2) is 4.37. The maximum Gasteiger partial charge on any atom is 0.235 e. The molecule has 6 heteroatoms. The van der Waals surface area contributed by atoms with Gasteiger partial charge >= 0.3 is 0 Å². The summed E-state index contributed by atoms with van der Waals surface area (Å²) in [7, 11) is -3.36. The Labute approximate surface area is 94.7 Å². The van der Waals surface area contributed by atoms with Gasteiger partial charge < -0.3 is 0 Å². The molecular weight excluding hydrogens is 236 g/mol. The molecule has 0 saturated heterocycles. The predicted octanol–water partition coefficient (Wildman–Crippen LogP) is 2.19. The van der Waals surface area contributed by atoms with Gasteiger partial charge in [0.05, 0.1) is 10.9 Å². The van der Waals surface area contributed by atoms with Crippen LogP contribution in [0.3, 0.4) is 0 Å². The van der Waals surface area contributed by atoms with Crippen LogP contribution in [0.5, 0.6) is 0 Å². The molecule has 1 heterocycles. The largest absolute Gasteiger partial charge is 0.280 e. The first kappa shape index (κ1) is 12.3. The first-order chi connectivity index (χ1) is 6.83. The fourth-order valence-corrected chi connectivity index (χ4v) is 1.80. The molecule has 0 atom stereocenters. The Morgan fingerprint density at radius 3 is 2.60 bits per heavy atom. The molecule has 0 fully saturated rings. The molecule has 15 heavy (non-hydrogen) atoms. The van der Waals surface area contributed by atoms with Crippen LogP contribution in [0.2, 0.25) is 5.15 Å². The molecule has 0 amide bonds. The number of sulfonamides is 1. The van der Waals surface area contributed by atoms with Gasteiger partial charge in [0, 0.05) is 6.20 Å². The highest BCUT2D eigenvalue weighted by atomic mass is 35.5. The summed E-state index contributed by atoms with van der Waals surface area (Å²) in [4.78, 5) is 3.86. The summed E-state index contributed by atoms with van der Waals surface area (Å²) in [5.74, 6) is 0. The van der Waals surface area contributed by atoms with E-state index in [1.807, 2.05) is 6.92 Å². The van der Waals surface area contributed by atoms with Crippen molar-refractivity contribution >= 4 is 27.3 Å². The molecule has 0 bridgehead atoms. The van der Waals surface area contributed by atoms with Crippen molar-refractivity contribution in [3.05, 3.63) is 23.0 Å². The minimum absolute atomic E-state index is 0.157. The number of halogens is 1. The Hall–Kier alpha value is -0.810. The van der Waals surface area contributed by atoms with Crippen molar-refractivity contribution in [3.8, 4) is 0 Å². The first-order valence-electron chi connectivity index (χ1n) is 4.46. The number of nitrogens with one attached hydrogen (secondary N) is 1. The third-order valence-corrected chi connectivity index (χ3v) is 3.90. The van der Waals surface area contributed by atoms with Crippen LogP contribution >= 0.6 is 11.6 Å². The zero-order valence-corrected chi connectivity index (χ0v) is 10.4. The summed E-state index contributed by atoms with van der Waals surface area (Å²) in [5.41, 5.74) is 1.17.